The van der Waals surface area contributed by atoms with E-state index in [9.17, 15) is 38.4 Å². The molecule has 0 aromatic rings. The summed E-state index contributed by atoms with van der Waals surface area (Å²) in [5.41, 5.74) is 13.1. The third-order valence-corrected chi connectivity index (χ3v) is 28.9. The summed E-state index contributed by atoms with van der Waals surface area (Å²) < 4.78 is 40.4. The number of hydrogen-bond donors (Lipinski definition) is 0. The fourth-order valence-corrected chi connectivity index (χ4v) is 19.9. The van der Waals surface area contributed by atoms with Gasteiger partial charge in [-0.05, 0) is 270 Å². The molecule has 0 aromatic heterocycles. The number of hydrogen-bond acceptors (Lipinski definition) is 16. The maximum absolute atomic E-state index is 11.5. The zero-order chi connectivity index (χ0) is 112. The Bertz CT molecular complexity index is 4690. The first-order valence-electron chi connectivity index (χ1n) is 53.2. The van der Waals surface area contributed by atoms with Gasteiger partial charge in [0, 0.05) is 86.9 Å². The zero-order valence-electron chi connectivity index (χ0n) is 96.8. The highest BCUT2D eigenvalue weighted by Gasteiger charge is 2.38. The SMILES string of the molecule is C=C(C=CC1C(C)=CCCC1(C)C)OC(=O)C(C)C.C=C(C=CC1C(C)=CCCC1(C)C)OC(=O)C(C)Cl.C=C(C=CC1C(C)=CCCC1(C)C)OC(=O)CC.C=C(C=CC1C(C)=CCCC1(C)C)OC(=O)CC.C=C(C=CC1C(C)=CCCC1(C)C)OC(=O)CCC.C=C(C=CC1C(C)=CCCC1(C)C)OC(=O)CCC.C=C(C=CC1C(C)=CCCC1(C)C)OC(C)=O.C=C(C=CC1C(C)=CCCC1(C)C)OC(C)=O. The molecule has 8 aliphatic carbocycles. The molecule has 0 radical (unpaired) electrons. The molecule has 0 fully saturated rings. The lowest BCUT2D eigenvalue weighted by molar-refractivity contribution is -0.143. The summed E-state index contributed by atoms with van der Waals surface area (Å²) in [6.45, 7) is 99.1. The van der Waals surface area contributed by atoms with Crippen molar-refractivity contribution in [1.82, 2.24) is 0 Å². The summed E-state index contributed by atoms with van der Waals surface area (Å²) in [5, 5.41) is -0.655. The van der Waals surface area contributed by atoms with Gasteiger partial charge in [0.1, 0.15) is 51.5 Å². The second kappa shape index (κ2) is 64.3. The van der Waals surface area contributed by atoms with Crippen molar-refractivity contribution in [3.05, 3.63) is 289 Å². The van der Waals surface area contributed by atoms with E-state index in [1.807, 2.05) is 58.1 Å². The smallest absolute Gasteiger partial charge is 0.329 e. The molecule has 146 heavy (non-hydrogen) atoms. The van der Waals surface area contributed by atoms with Crippen LogP contribution in [-0.4, -0.2) is 53.1 Å². The van der Waals surface area contributed by atoms with Crippen molar-refractivity contribution in [2.24, 2.45) is 96.6 Å². The molecule has 0 amide bonds. The molecule has 0 heterocycles. The maximum atomic E-state index is 11.5. The number of alkyl halides is 1. The lowest BCUT2D eigenvalue weighted by atomic mass is 9.68. The molecule has 0 bridgehead atoms. The third kappa shape index (κ3) is 50.7. The lowest BCUT2D eigenvalue weighted by Crippen LogP contribution is -2.26. The van der Waals surface area contributed by atoms with Gasteiger partial charge in [-0.1, -0.05) is 347 Å². The summed E-state index contributed by atoms with van der Waals surface area (Å²) in [6, 6.07) is 0. The van der Waals surface area contributed by atoms with Gasteiger partial charge >= 0.3 is 47.8 Å². The summed E-state index contributed by atoms with van der Waals surface area (Å²) in [6.07, 6.45) is 71.5. The van der Waals surface area contributed by atoms with Crippen molar-refractivity contribution >= 4 is 59.4 Å². The van der Waals surface area contributed by atoms with E-state index < -0.39 is 11.3 Å². The Labute approximate surface area is 890 Å². The van der Waals surface area contributed by atoms with Crippen molar-refractivity contribution in [3.8, 4) is 0 Å². The highest BCUT2D eigenvalue weighted by Crippen LogP contribution is 2.49. The second-order valence-electron chi connectivity index (χ2n) is 46.1. The molecule has 9 unspecified atom stereocenters. The molecule has 0 saturated heterocycles. The Hall–Kier alpha value is -10.2. The van der Waals surface area contributed by atoms with E-state index in [4.69, 9.17) is 49.5 Å². The van der Waals surface area contributed by atoms with Gasteiger partial charge < -0.3 is 37.9 Å². The average Bonchev–Trinajstić information content (AvgIpc) is 0.856. The molecule has 16 nitrogen and oxygen atoms in total. The first kappa shape index (κ1) is 134. The fraction of sp³-hybridized carbons (Fsp3) is 0.566. The number of rotatable bonds is 32. The van der Waals surface area contributed by atoms with Gasteiger partial charge in [0.05, 0.1) is 5.92 Å². The van der Waals surface area contributed by atoms with Crippen molar-refractivity contribution < 1.29 is 76.3 Å². The molecule has 0 saturated carbocycles. The van der Waals surface area contributed by atoms with E-state index in [-0.39, 0.29) is 91.0 Å². The van der Waals surface area contributed by atoms with E-state index in [0.29, 0.717) is 119 Å². The minimum Gasteiger partial charge on any atom is -0.427 e. The number of allylic oxidation sites excluding steroid dienone is 32. The molecule has 8 aliphatic rings. The predicted molar refractivity (Wildman–Crippen MR) is 609 cm³/mol. The minimum atomic E-state index is -0.655. The van der Waals surface area contributed by atoms with E-state index in [1.165, 1.54) is 103 Å². The summed E-state index contributed by atoms with van der Waals surface area (Å²) in [7, 11) is 0. The largest absolute Gasteiger partial charge is 0.427 e. The maximum Gasteiger partial charge on any atom is 0.329 e. The normalized spacial score (nSPS) is 22.8. The molecule has 812 valence electrons. The van der Waals surface area contributed by atoms with Gasteiger partial charge in [-0.15, -0.1) is 11.6 Å². The predicted octanol–water partition coefficient (Wildman–Crippen LogP) is 35.6. The van der Waals surface area contributed by atoms with Crippen LogP contribution in [0.4, 0.5) is 0 Å². The van der Waals surface area contributed by atoms with Gasteiger partial charge in [0.15, 0.2) is 0 Å². The molecule has 17 heteroatoms. The summed E-state index contributed by atoms with van der Waals surface area (Å²) in [5.74, 6) is 4.05. The van der Waals surface area contributed by atoms with Crippen LogP contribution in [0.3, 0.4) is 0 Å². The van der Waals surface area contributed by atoms with Gasteiger partial charge in [-0.2, -0.15) is 0 Å². The zero-order valence-corrected chi connectivity index (χ0v) is 97.5. The van der Waals surface area contributed by atoms with Gasteiger partial charge in [0.25, 0.3) is 0 Å². The molecule has 0 aliphatic heterocycles. The summed E-state index contributed by atoms with van der Waals surface area (Å²) in [4.78, 5) is 89.4. The van der Waals surface area contributed by atoms with Crippen molar-refractivity contribution in [1.29, 1.82) is 0 Å². The standard InChI is InChI=1S/3C17H26O2.C16H23ClO2.2C16H24O2.2C15H22O2/c1-12(2)16(18)19-14(4)9-10-15-13(3)8-7-11-17(15,5)6;2*1-6-8-16(18)19-14(3)10-11-15-13(2)9-7-12-17(15,4)5;1-11-7-6-10-16(4,5)14(11)9-8-12(2)19-15(18)13(3)17;2*1-6-15(17)18-13(3)9-10-14-12(2)8-7-11-16(14,4)5;2*1-11-7-6-10-15(4,5)14(11)9-8-12(2)17-13(3)16/h8-10,12,15H,4,7,11H2,1-3,5-6H3;2*9-11,15H,3,6-8,12H2,1-2,4-5H3;7-9,13-14H,2,6,10H2,1,3-5H3;2*8-10,14H,3,6-7,11H2,1-2,4-5H3;2*7-9,14H,2,6,10H2,1,3-5H3. The molecule has 9 atom stereocenters. The Morgan fingerprint density at radius 2 is 0.425 bits per heavy atom. The Morgan fingerprint density at radius 1 is 0.274 bits per heavy atom. The molecule has 8 rings (SSSR count). The first-order chi connectivity index (χ1) is 67.6. The van der Waals surface area contributed by atoms with Crippen LogP contribution in [0.5, 0.6) is 0 Å². The first-order valence-corrected chi connectivity index (χ1v) is 53.6. The number of carbonyl (C=O) groups is 8. The van der Waals surface area contributed by atoms with Crippen LogP contribution in [0.25, 0.3) is 0 Å². The van der Waals surface area contributed by atoms with Crippen molar-refractivity contribution in [2.75, 3.05) is 0 Å². The van der Waals surface area contributed by atoms with E-state index in [1.54, 1.807) is 39.0 Å². The highest BCUT2D eigenvalue weighted by molar-refractivity contribution is 6.29. The van der Waals surface area contributed by atoms with Crippen molar-refractivity contribution in [3.63, 3.8) is 0 Å². The lowest BCUT2D eigenvalue weighted by Gasteiger charge is -2.36. The van der Waals surface area contributed by atoms with E-state index >= 15 is 0 Å². The monoisotopic (exact) mass is 2030 g/mol. The number of carbonyl (C=O) groups excluding carboxylic acids is 8. The van der Waals surface area contributed by atoms with Crippen LogP contribution in [0.2, 0.25) is 0 Å². The van der Waals surface area contributed by atoms with E-state index in [0.717, 1.165) is 70.6 Å². The van der Waals surface area contributed by atoms with Crippen LogP contribution in [0.1, 0.15) is 370 Å². The quantitative estimate of drug-likeness (QED) is 0.0153. The number of halogens is 1. The van der Waals surface area contributed by atoms with Crippen molar-refractivity contribution in [2.45, 2.75) is 375 Å². The van der Waals surface area contributed by atoms with Crippen LogP contribution >= 0.6 is 11.6 Å². The van der Waals surface area contributed by atoms with Gasteiger partial charge in [-0.3, -0.25) is 38.4 Å². The minimum absolute atomic E-state index is 0.127. The van der Waals surface area contributed by atoms with Crippen LogP contribution < -0.4 is 0 Å². The number of ether oxygens (including phenoxy) is 8. The number of esters is 8. The topological polar surface area (TPSA) is 210 Å². The van der Waals surface area contributed by atoms with Gasteiger partial charge in [-0.25, -0.2) is 0 Å². The van der Waals surface area contributed by atoms with Crippen LogP contribution in [0, 0.1) is 96.6 Å². The van der Waals surface area contributed by atoms with Gasteiger partial charge in [0.2, 0.25) is 0 Å². The fourth-order valence-electron chi connectivity index (χ4n) is 19.8. The second-order valence-corrected chi connectivity index (χ2v) is 46.8. The Balaban J connectivity index is 0.000000835. The Morgan fingerprint density at radius 3 is 0.562 bits per heavy atom. The van der Waals surface area contributed by atoms with Crippen LogP contribution in [-0.2, 0) is 76.3 Å². The highest BCUT2D eigenvalue weighted by atomic mass is 35.5. The molecule has 0 aromatic carbocycles. The molecular weight excluding hydrogens is 1840 g/mol. The van der Waals surface area contributed by atoms with E-state index in [2.05, 4.69) is 316 Å². The summed E-state index contributed by atoms with van der Waals surface area (Å²) >= 11 is 5.64. The average molecular weight is 2040 g/mol. The van der Waals surface area contributed by atoms with Crippen LogP contribution in [0.15, 0.2) is 289 Å². The third-order valence-electron chi connectivity index (χ3n) is 28.8. The molecule has 0 N–H and O–H groups in total. The Kier molecular flexibility index (Phi) is 58.9. The molecule has 0 spiro atoms. The molecular formula is C129H193ClO16.